The number of rotatable bonds is 34. The van der Waals surface area contributed by atoms with Gasteiger partial charge in [-0.2, -0.15) is 0 Å². The number of hydrogen-bond donors (Lipinski definition) is 1. The molecule has 0 aliphatic rings. The summed E-state index contributed by atoms with van der Waals surface area (Å²) in [6.45, 7) is 4.37. The van der Waals surface area contributed by atoms with E-state index in [1.165, 1.54) is 83.5 Å². The molecule has 0 rings (SSSR count). The minimum atomic E-state index is -4.36. The van der Waals surface area contributed by atoms with Gasteiger partial charge in [-0.1, -0.05) is 122 Å². The van der Waals surface area contributed by atoms with Crippen LogP contribution >= 0.6 is 7.82 Å². The van der Waals surface area contributed by atoms with Crippen molar-refractivity contribution in [2.24, 2.45) is 0 Å². The predicted molar refractivity (Wildman–Crippen MR) is 192 cm³/mol. The molecule has 2 atom stereocenters. The van der Waals surface area contributed by atoms with E-state index in [-0.39, 0.29) is 32.0 Å². The molecule has 0 saturated heterocycles. The molecule has 0 radical (unpaired) electrons. The van der Waals surface area contributed by atoms with E-state index in [0.29, 0.717) is 17.4 Å². The normalized spacial score (nSPS) is 13.9. The van der Waals surface area contributed by atoms with Crippen molar-refractivity contribution < 1.29 is 42.1 Å². The van der Waals surface area contributed by atoms with Crippen molar-refractivity contribution in [3.8, 4) is 0 Å². The summed E-state index contributed by atoms with van der Waals surface area (Å²) in [5.41, 5.74) is 0. The Hall–Kier alpha value is -1.25. The third kappa shape index (κ3) is 34.4. The lowest BCUT2D eigenvalue weighted by Crippen LogP contribution is -2.37. The van der Waals surface area contributed by atoms with Crippen molar-refractivity contribution in [3.05, 3.63) is 12.2 Å². The van der Waals surface area contributed by atoms with Gasteiger partial charge in [0.05, 0.1) is 27.7 Å². The van der Waals surface area contributed by atoms with Crippen LogP contribution in [0.4, 0.5) is 0 Å². The van der Waals surface area contributed by atoms with Crippen LogP contribution in [-0.4, -0.2) is 74.9 Å². The molecule has 0 bridgehead atoms. The van der Waals surface area contributed by atoms with E-state index in [4.69, 9.17) is 18.5 Å². The quantitative estimate of drug-likeness (QED) is 0.0234. The molecule has 278 valence electrons. The fraction of sp³-hybridized carbons (Fsp3) is 0.892. The first-order valence-electron chi connectivity index (χ1n) is 18.9. The Morgan fingerprint density at radius 2 is 1.09 bits per heavy atom. The van der Waals surface area contributed by atoms with Gasteiger partial charge in [0, 0.05) is 12.8 Å². The number of unbranched alkanes of at least 4 members (excludes halogenated alkanes) is 18. The summed E-state index contributed by atoms with van der Waals surface area (Å²) in [5.74, 6) is -0.816. The summed E-state index contributed by atoms with van der Waals surface area (Å²) in [4.78, 5) is 35.1. The van der Waals surface area contributed by atoms with Crippen LogP contribution in [0.15, 0.2) is 12.2 Å². The summed E-state index contributed by atoms with van der Waals surface area (Å²) >= 11 is 0. The standard InChI is InChI=1S/C37H72NO8P/c1-6-8-10-12-14-16-18-19-20-22-23-25-27-29-36(39)43-33-35(34-45-47(41,42)44-32-31-38(3,4)5)46-37(40)30-28-26-24-21-17-15-13-11-9-7-2/h19-20,35H,6-18,21-34H2,1-5H3/p+1/b20-19+/t35-/m1/s1. The van der Waals surface area contributed by atoms with Crippen LogP contribution in [0.25, 0.3) is 0 Å². The number of esters is 2. The maximum Gasteiger partial charge on any atom is 0.472 e. The summed E-state index contributed by atoms with van der Waals surface area (Å²) in [7, 11) is 1.47. The first kappa shape index (κ1) is 45.8. The first-order chi connectivity index (χ1) is 22.5. The highest BCUT2D eigenvalue weighted by atomic mass is 31.2. The van der Waals surface area contributed by atoms with Crippen molar-refractivity contribution >= 4 is 19.8 Å². The molecule has 10 heteroatoms. The highest BCUT2D eigenvalue weighted by Crippen LogP contribution is 2.43. The Kier molecular flexibility index (Phi) is 30.0. The van der Waals surface area contributed by atoms with Gasteiger partial charge in [-0.25, -0.2) is 4.57 Å². The SMILES string of the molecule is CCCCCCCC/C=C/CCCCCC(=O)OC[C@H](COP(=O)(O)OCC[N+](C)(C)C)OC(=O)CCCCCCCCCCCC. The Morgan fingerprint density at radius 3 is 1.60 bits per heavy atom. The number of carbonyl (C=O) groups is 2. The van der Waals surface area contributed by atoms with Crippen molar-refractivity contribution in [2.75, 3.05) is 47.5 Å². The summed E-state index contributed by atoms with van der Waals surface area (Å²) < 4.78 is 34.1. The number of nitrogens with zero attached hydrogens (tertiary/aromatic N) is 1. The van der Waals surface area contributed by atoms with E-state index in [2.05, 4.69) is 26.0 Å². The molecule has 1 N–H and O–H groups in total. The second kappa shape index (κ2) is 30.8. The lowest BCUT2D eigenvalue weighted by atomic mass is 10.1. The summed E-state index contributed by atoms with van der Waals surface area (Å²) in [6.07, 6.45) is 28.3. The molecule has 0 spiro atoms. The van der Waals surface area contributed by atoms with Crippen LogP contribution in [0.1, 0.15) is 162 Å². The van der Waals surface area contributed by atoms with Crippen LogP contribution in [0.5, 0.6) is 0 Å². The maximum atomic E-state index is 12.6. The molecule has 0 aliphatic carbocycles. The summed E-state index contributed by atoms with van der Waals surface area (Å²) in [6, 6.07) is 0. The predicted octanol–water partition coefficient (Wildman–Crippen LogP) is 9.85. The van der Waals surface area contributed by atoms with Crippen LogP contribution in [0.3, 0.4) is 0 Å². The monoisotopic (exact) mass is 691 g/mol. The Morgan fingerprint density at radius 1 is 0.638 bits per heavy atom. The van der Waals surface area contributed by atoms with Gasteiger partial charge in [0.1, 0.15) is 19.8 Å². The number of allylic oxidation sites excluding steroid dienone is 2. The molecule has 0 heterocycles. The molecule has 1 unspecified atom stereocenters. The molecule has 0 amide bonds. The molecule has 0 saturated carbocycles. The lowest BCUT2D eigenvalue weighted by Gasteiger charge is -2.24. The van der Waals surface area contributed by atoms with Crippen molar-refractivity contribution in [1.29, 1.82) is 0 Å². The van der Waals surface area contributed by atoms with E-state index in [9.17, 15) is 19.0 Å². The molecule has 0 aromatic heterocycles. The minimum Gasteiger partial charge on any atom is -0.462 e. The van der Waals surface area contributed by atoms with E-state index < -0.39 is 26.5 Å². The molecule has 9 nitrogen and oxygen atoms in total. The average molecular weight is 691 g/mol. The highest BCUT2D eigenvalue weighted by Gasteiger charge is 2.27. The van der Waals surface area contributed by atoms with Crippen molar-refractivity contribution in [2.45, 2.75) is 168 Å². The van der Waals surface area contributed by atoms with E-state index in [1.807, 2.05) is 21.1 Å². The molecular formula is C37H73NO8P+. The number of likely N-dealkylation sites (N-methyl/N-ethyl adjacent to an activating group) is 1. The van der Waals surface area contributed by atoms with Gasteiger partial charge >= 0.3 is 19.8 Å². The molecular weight excluding hydrogens is 617 g/mol. The zero-order valence-corrected chi connectivity index (χ0v) is 31.9. The Labute approximate surface area is 288 Å². The van der Waals surface area contributed by atoms with Gasteiger partial charge in [0.25, 0.3) is 0 Å². The highest BCUT2D eigenvalue weighted by molar-refractivity contribution is 7.47. The van der Waals surface area contributed by atoms with Crippen molar-refractivity contribution in [1.82, 2.24) is 0 Å². The van der Waals surface area contributed by atoms with E-state index in [1.54, 1.807) is 0 Å². The Bertz CT molecular complexity index is 830. The third-order valence-electron chi connectivity index (χ3n) is 8.05. The topological polar surface area (TPSA) is 108 Å². The zero-order valence-electron chi connectivity index (χ0n) is 31.0. The van der Waals surface area contributed by atoms with Gasteiger partial charge in [-0.15, -0.1) is 0 Å². The third-order valence-corrected chi connectivity index (χ3v) is 9.03. The average Bonchev–Trinajstić information content (AvgIpc) is 3.01. The lowest BCUT2D eigenvalue weighted by molar-refractivity contribution is -0.870. The second-order valence-corrected chi connectivity index (χ2v) is 15.4. The Balaban J connectivity index is 4.45. The van der Waals surface area contributed by atoms with Crippen LogP contribution < -0.4 is 0 Å². The molecule has 0 aromatic rings. The molecule has 47 heavy (non-hydrogen) atoms. The van der Waals surface area contributed by atoms with Gasteiger partial charge in [0.15, 0.2) is 6.10 Å². The number of ether oxygens (including phenoxy) is 2. The number of phosphoric ester groups is 1. The van der Waals surface area contributed by atoms with E-state index in [0.717, 1.165) is 44.9 Å². The minimum absolute atomic E-state index is 0.0321. The first-order valence-corrected chi connectivity index (χ1v) is 20.4. The maximum absolute atomic E-state index is 12.6. The smallest absolute Gasteiger partial charge is 0.462 e. The molecule has 0 aromatic carbocycles. The van der Waals surface area contributed by atoms with Crippen LogP contribution in [0, 0.1) is 0 Å². The zero-order chi connectivity index (χ0) is 35.1. The van der Waals surface area contributed by atoms with Crippen LogP contribution in [0.2, 0.25) is 0 Å². The molecule has 0 aliphatic heterocycles. The fourth-order valence-electron chi connectivity index (χ4n) is 5.01. The van der Waals surface area contributed by atoms with Gasteiger partial charge in [0.2, 0.25) is 0 Å². The van der Waals surface area contributed by atoms with Crippen LogP contribution in [-0.2, 0) is 32.7 Å². The van der Waals surface area contributed by atoms with Crippen molar-refractivity contribution in [3.63, 3.8) is 0 Å². The number of carbonyl (C=O) groups excluding carboxylic acids is 2. The van der Waals surface area contributed by atoms with Gasteiger partial charge in [-0.05, 0) is 38.5 Å². The molecule has 0 fully saturated rings. The fourth-order valence-corrected chi connectivity index (χ4v) is 5.75. The van der Waals surface area contributed by atoms with Gasteiger partial charge < -0.3 is 18.9 Å². The number of hydrogen-bond acceptors (Lipinski definition) is 7. The number of quaternary nitrogens is 1. The number of phosphoric acid groups is 1. The van der Waals surface area contributed by atoms with E-state index >= 15 is 0 Å². The van der Waals surface area contributed by atoms with Gasteiger partial charge in [-0.3, -0.25) is 18.6 Å². The largest absolute Gasteiger partial charge is 0.472 e. The summed E-state index contributed by atoms with van der Waals surface area (Å²) in [5, 5.41) is 0. The second-order valence-electron chi connectivity index (χ2n) is 14.0.